The van der Waals surface area contributed by atoms with Gasteiger partial charge in [-0.2, -0.15) is 5.10 Å². The van der Waals surface area contributed by atoms with Crippen molar-refractivity contribution in [3.63, 3.8) is 0 Å². The summed E-state index contributed by atoms with van der Waals surface area (Å²) in [4.78, 5) is 12.3. The molecule has 0 saturated heterocycles. The largest absolute Gasteiger partial charge is 0.395 e. The molecule has 0 aliphatic heterocycles. The fourth-order valence-corrected chi connectivity index (χ4v) is 2.00. The molecular weight excluding hydrogens is 252 g/mol. The van der Waals surface area contributed by atoms with Crippen molar-refractivity contribution in [2.75, 3.05) is 11.1 Å². The molecule has 3 N–H and O–H groups in total. The Hall–Kier alpha value is -2.74. The first kappa shape index (κ1) is 13.7. The standard InChI is InChI=1S/C15H16N4O/c1-4-10-7-6-8-11(9-10)17-15(20)14-13(16)12(5-2)18-19(14)3/h1,6-9H,5,16H2,2-3H3,(H,17,20). The van der Waals surface area contributed by atoms with Gasteiger partial charge in [0.2, 0.25) is 0 Å². The van der Waals surface area contributed by atoms with E-state index in [0.29, 0.717) is 29.1 Å². The third kappa shape index (κ3) is 2.50. The molecule has 0 fully saturated rings. The maximum atomic E-state index is 12.3. The van der Waals surface area contributed by atoms with Crippen molar-refractivity contribution >= 4 is 17.3 Å². The van der Waals surface area contributed by atoms with E-state index in [1.807, 2.05) is 6.92 Å². The van der Waals surface area contributed by atoms with Gasteiger partial charge in [-0.25, -0.2) is 0 Å². The molecule has 1 aromatic heterocycles. The number of anilines is 2. The van der Waals surface area contributed by atoms with Crippen LogP contribution in [0.2, 0.25) is 0 Å². The summed E-state index contributed by atoms with van der Waals surface area (Å²) in [6.07, 6.45) is 6.01. The van der Waals surface area contributed by atoms with Gasteiger partial charge in [0.25, 0.3) is 5.91 Å². The highest BCUT2D eigenvalue weighted by atomic mass is 16.2. The molecule has 5 heteroatoms. The van der Waals surface area contributed by atoms with Crippen LogP contribution in [0.25, 0.3) is 0 Å². The number of carbonyl (C=O) groups is 1. The summed E-state index contributed by atoms with van der Waals surface area (Å²) in [5, 5.41) is 7.00. The number of nitrogens with one attached hydrogen (secondary N) is 1. The first-order valence-corrected chi connectivity index (χ1v) is 6.26. The van der Waals surface area contributed by atoms with Gasteiger partial charge in [0.1, 0.15) is 5.69 Å². The number of aromatic nitrogens is 2. The number of aryl methyl sites for hydroxylation is 2. The number of amides is 1. The van der Waals surface area contributed by atoms with E-state index in [4.69, 9.17) is 12.2 Å². The SMILES string of the molecule is C#Cc1cccc(NC(=O)c2c(N)c(CC)nn2C)c1. The lowest BCUT2D eigenvalue weighted by atomic mass is 10.2. The molecule has 0 radical (unpaired) electrons. The Morgan fingerprint density at radius 3 is 2.90 bits per heavy atom. The number of benzene rings is 1. The minimum absolute atomic E-state index is 0.300. The number of nitrogens with two attached hydrogens (primary N) is 1. The molecule has 2 rings (SSSR count). The van der Waals surface area contributed by atoms with Crippen LogP contribution in [0, 0.1) is 12.3 Å². The van der Waals surface area contributed by atoms with Crippen LogP contribution in [-0.4, -0.2) is 15.7 Å². The molecule has 5 nitrogen and oxygen atoms in total. The Morgan fingerprint density at radius 1 is 1.55 bits per heavy atom. The van der Waals surface area contributed by atoms with Crippen molar-refractivity contribution in [3.8, 4) is 12.3 Å². The summed E-state index contributed by atoms with van der Waals surface area (Å²) >= 11 is 0. The average molecular weight is 268 g/mol. The lowest BCUT2D eigenvalue weighted by Gasteiger charge is -2.06. The Bertz CT molecular complexity index is 694. The summed E-state index contributed by atoms with van der Waals surface area (Å²) in [5.41, 5.74) is 8.77. The van der Waals surface area contributed by atoms with E-state index < -0.39 is 0 Å². The number of hydrogen-bond donors (Lipinski definition) is 2. The van der Waals surface area contributed by atoms with E-state index in [2.05, 4.69) is 16.3 Å². The van der Waals surface area contributed by atoms with Gasteiger partial charge in [0.05, 0.1) is 11.4 Å². The monoisotopic (exact) mass is 268 g/mol. The molecule has 0 aliphatic carbocycles. The lowest BCUT2D eigenvalue weighted by Crippen LogP contribution is -2.17. The average Bonchev–Trinajstić information content (AvgIpc) is 2.73. The molecule has 0 bridgehead atoms. The second-order valence-electron chi connectivity index (χ2n) is 4.37. The van der Waals surface area contributed by atoms with Gasteiger partial charge >= 0.3 is 0 Å². The zero-order valence-corrected chi connectivity index (χ0v) is 11.5. The predicted molar refractivity (Wildman–Crippen MR) is 79.3 cm³/mol. The van der Waals surface area contributed by atoms with Gasteiger partial charge in [-0.3, -0.25) is 9.48 Å². The molecule has 2 aromatic rings. The van der Waals surface area contributed by atoms with Gasteiger partial charge in [-0.15, -0.1) is 6.42 Å². The molecule has 102 valence electrons. The van der Waals surface area contributed by atoms with E-state index >= 15 is 0 Å². The molecule has 0 unspecified atom stereocenters. The van der Waals surface area contributed by atoms with E-state index in [1.165, 1.54) is 4.68 Å². The van der Waals surface area contributed by atoms with Crippen LogP contribution in [0.4, 0.5) is 11.4 Å². The Morgan fingerprint density at radius 2 is 2.30 bits per heavy atom. The normalized spacial score (nSPS) is 10.1. The first-order valence-electron chi connectivity index (χ1n) is 6.26. The smallest absolute Gasteiger partial charge is 0.276 e. The zero-order chi connectivity index (χ0) is 14.7. The first-order chi connectivity index (χ1) is 9.56. The maximum absolute atomic E-state index is 12.3. The fraction of sp³-hybridized carbons (Fsp3) is 0.200. The molecule has 1 heterocycles. The summed E-state index contributed by atoms with van der Waals surface area (Å²) in [6, 6.07) is 7.08. The summed E-state index contributed by atoms with van der Waals surface area (Å²) < 4.78 is 1.49. The highest BCUT2D eigenvalue weighted by Gasteiger charge is 2.19. The van der Waals surface area contributed by atoms with Crippen LogP contribution in [0.15, 0.2) is 24.3 Å². The molecule has 0 aliphatic rings. The van der Waals surface area contributed by atoms with Gasteiger partial charge in [-0.1, -0.05) is 18.9 Å². The molecule has 20 heavy (non-hydrogen) atoms. The van der Waals surface area contributed by atoms with Crippen LogP contribution < -0.4 is 11.1 Å². The second kappa shape index (κ2) is 5.49. The third-order valence-electron chi connectivity index (χ3n) is 3.00. The highest BCUT2D eigenvalue weighted by Crippen LogP contribution is 2.19. The topological polar surface area (TPSA) is 72.9 Å². The van der Waals surface area contributed by atoms with Crippen molar-refractivity contribution in [3.05, 3.63) is 41.2 Å². The van der Waals surface area contributed by atoms with Gasteiger partial charge < -0.3 is 11.1 Å². The summed E-state index contributed by atoms with van der Waals surface area (Å²) in [7, 11) is 1.70. The van der Waals surface area contributed by atoms with Gasteiger partial charge in [0.15, 0.2) is 0 Å². The molecule has 0 saturated carbocycles. The second-order valence-corrected chi connectivity index (χ2v) is 4.37. The van der Waals surface area contributed by atoms with Gasteiger partial charge in [0, 0.05) is 18.3 Å². The Kier molecular flexibility index (Phi) is 3.76. The zero-order valence-electron chi connectivity index (χ0n) is 11.5. The molecule has 1 amide bonds. The molecule has 1 aromatic carbocycles. The minimum Gasteiger partial charge on any atom is -0.395 e. The van der Waals surface area contributed by atoms with Crippen LogP contribution in [-0.2, 0) is 13.5 Å². The Balaban J connectivity index is 2.29. The van der Waals surface area contributed by atoms with Gasteiger partial charge in [-0.05, 0) is 24.6 Å². The predicted octanol–water partition coefficient (Wildman–Crippen LogP) is 1.80. The van der Waals surface area contributed by atoms with Crippen LogP contribution in [0.5, 0.6) is 0 Å². The maximum Gasteiger partial charge on any atom is 0.276 e. The van der Waals surface area contributed by atoms with E-state index in [9.17, 15) is 4.79 Å². The van der Waals surface area contributed by atoms with Crippen LogP contribution in [0.3, 0.4) is 0 Å². The van der Waals surface area contributed by atoms with E-state index in [1.54, 1.807) is 31.3 Å². The number of nitrogens with zero attached hydrogens (tertiary/aromatic N) is 2. The number of rotatable bonds is 3. The minimum atomic E-state index is -0.300. The van der Waals surface area contributed by atoms with Crippen LogP contribution in [0.1, 0.15) is 28.7 Å². The summed E-state index contributed by atoms with van der Waals surface area (Å²) in [5.74, 6) is 2.22. The third-order valence-corrected chi connectivity index (χ3v) is 3.00. The number of hydrogen-bond acceptors (Lipinski definition) is 3. The number of carbonyl (C=O) groups excluding carboxylic acids is 1. The van der Waals surface area contributed by atoms with Crippen molar-refractivity contribution in [1.29, 1.82) is 0 Å². The van der Waals surface area contributed by atoms with Crippen molar-refractivity contribution in [2.24, 2.45) is 7.05 Å². The van der Waals surface area contributed by atoms with E-state index in [-0.39, 0.29) is 5.91 Å². The molecule has 0 spiro atoms. The lowest BCUT2D eigenvalue weighted by molar-refractivity contribution is 0.101. The molecule has 0 atom stereocenters. The van der Waals surface area contributed by atoms with Crippen molar-refractivity contribution < 1.29 is 4.79 Å². The number of terminal acetylenes is 1. The highest BCUT2D eigenvalue weighted by molar-refractivity contribution is 6.06. The quantitative estimate of drug-likeness (QED) is 0.834. The fourth-order valence-electron chi connectivity index (χ4n) is 2.00. The van der Waals surface area contributed by atoms with Crippen LogP contribution >= 0.6 is 0 Å². The Labute approximate surface area is 117 Å². The summed E-state index contributed by atoms with van der Waals surface area (Å²) in [6.45, 7) is 1.94. The van der Waals surface area contributed by atoms with E-state index in [0.717, 1.165) is 5.69 Å². The number of nitrogen functional groups attached to an aromatic ring is 1. The molecular formula is C15H16N4O. The van der Waals surface area contributed by atoms with Crippen molar-refractivity contribution in [2.45, 2.75) is 13.3 Å². The van der Waals surface area contributed by atoms with Crippen molar-refractivity contribution in [1.82, 2.24) is 9.78 Å².